The predicted octanol–water partition coefficient (Wildman–Crippen LogP) is 6.90. The molecule has 1 saturated carbocycles. The summed E-state index contributed by atoms with van der Waals surface area (Å²) in [6.07, 6.45) is 9.62. The summed E-state index contributed by atoms with van der Waals surface area (Å²) in [4.78, 5) is 30.7. The van der Waals surface area contributed by atoms with Crippen molar-refractivity contribution in [1.82, 2.24) is 29.6 Å². The minimum Gasteiger partial charge on any atom is -0.466 e. The number of piperidine rings is 1. The number of aliphatic hydroxyl groups is 1. The fraction of sp³-hybridized carbons (Fsp3) is 0.625. The largest absolute Gasteiger partial charge is 0.466 e. The number of aliphatic hydroxyl groups excluding tert-OH is 1. The van der Waals surface area contributed by atoms with Crippen LogP contribution in [0.1, 0.15) is 95.3 Å². The first kappa shape index (κ1) is 36.9. The zero-order valence-corrected chi connectivity index (χ0v) is 31.9. The number of carbonyl (C=O) groups is 1. The molecule has 7 heterocycles. The zero-order valence-electron chi connectivity index (χ0n) is 31.2. The Hall–Kier alpha value is -3.72. The van der Waals surface area contributed by atoms with Crippen LogP contribution in [0.3, 0.4) is 0 Å². The summed E-state index contributed by atoms with van der Waals surface area (Å²) in [6.45, 7) is 5.08. The minimum absolute atomic E-state index is 0.00194. The van der Waals surface area contributed by atoms with Crippen LogP contribution in [0.4, 0.5) is 14.6 Å². The number of nitrogens with zero attached hydrogens (tertiary/aromatic N) is 7. The monoisotopic (exact) mass is 779 g/mol. The van der Waals surface area contributed by atoms with Gasteiger partial charge in [-0.15, -0.1) is 0 Å². The Balaban J connectivity index is 1.16. The Morgan fingerprint density at radius 1 is 1.13 bits per heavy atom. The van der Waals surface area contributed by atoms with Gasteiger partial charge in [0.1, 0.15) is 29.8 Å². The molecule has 294 valence electrons. The Morgan fingerprint density at radius 3 is 2.84 bits per heavy atom. The Morgan fingerprint density at radius 2 is 2.02 bits per heavy atom. The van der Waals surface area contributed by atoms with Gasteiger partial charge in [-0.2, -0.15) is 15.1 Å². The molecule has 1 aliphatic carbocycles. The van der Waals surface area contributed by atoms with E-state index in [2.05, 4.69) is 4.90 Å². The highest BCUT2D eigenvalue weighted by Gasteiger charge is 2.49. The Bertz CT molecular complexity index is 2100. The minimum atomic E-state index is -0.924. The summed E-state index contributed by atoms with van der Waals surface area (Å²) in [7, 11) is 0. The van der Waals surface area contributed by atoms with Crippen molar-refractivity contribution in [2.45, 2.75) is 108 Å². The van der Waals surface area contributed by atoms with E-state index in [4.69, 9.17) is 45.9 Å². The summed E-state index contributed by atoms with van der Waals surface area (Å²) >= 11 is 7.20. The van der Waals surface area contributed by atoms with Gasteiger partial charge in [0.15, 0.2) is 12.0 Å². The third kappa shape index (κ3) is 6.91. The van der Waals surface area contributed by atoms with Gasteiger partial charge in [-0.3, -0.25) is 14.7 Å². The molecule has 55 heavy (non-hydrogen) atoms. The summed E-state index contributed by atoms with van der Waals surface area (Å²) in [6, 6.07) is 1.90. The molecule has 4 aromatic rings. The van der Waals surface area contributed by atoms with Crippen molar-refractivity contribution >= 4 is 45.2 Å². The highest BCUT2D eigenvalue weighted by atomic mass is 35.5. The van der Waals surface area contributed by atoms with Crippen molar-refractivity contribution in [1.29, 1.82) is 0 Å². The number of halogens is 3. The number of benzene rings is 1. The van der Waals surface area contributed by atoms with E-state index in [1.807, 2.05) is 15.6 Å². The number of anilines is 1. The van der Waals surface area contributed by atoms with Crippen LogP contribution in [0.15, 0.2) is 18.5 Å². The number of fused-ring (bicyclic) bond motifs is 3. The van der Waals surface area contributed by atoms with Crippen LogP contribution in [0.25, 0.3) is 33.1 Å². The van der Waals surface area contributed by atoms with Gasteiger partial charge < -0.3 is 24.2 Å². The van der Waals surface area contributed by atoms with Crippen molar-refractivity contribution in [2.75, 3.05) is 50.9 Å². The van der Waals surface area contributed by atoms with Gasteiger partial charge in [-0.1, -0.05) is 11.6 Å². The van der Waals surface area contributed by atoms with Gasteiger partial charge >= 0.3 is 12.0 Å². The fourth-order valence-corrected chi connectivity index (χ4v) is 10.0. The van der Waals surface area contributed by atoms with Crippen molar-refractivity contribution in [2.24, 2.45) is 5.92 Å². The van der Waals surface area contributed by atoms with Gasteiger partial charge in [0.25, 0.3) is 0 Å². The molecule has 0 spiro atoms. The molecule has 0 radical (unpaired) electrons. The maximum Gasteiger partial charge on any atom is 0.319 e. The highest BCUT2D eigenvalue weighted by molar-refractivity contribution is 6.33. The molecule has 9 rings (SSSR count). The van der Waals surface area contributed by atoms with Crippen molar-refractivity contribution in [3.05, 3.63) is 34.9 Å². The van der Waals surface area contributed by atoms with E-state index < -0.39 is 23.6 Å². The first-order valence-electron chi connectivity index (χ1n) is 20.0. The van der Waals surface area contributed by atoms with Crippen LogP contribution in [0.2, 0.25) is 5.02 Å². The quantitative estimate of drug-likeness (QED) is 0.160. The van der Waals surface area contributed by atoms with Crippen LogP contribution >= 0.6 is 11.6 Å². The van der Waals surface area contributed by atoms with E-state index in [1.165, 1.54) is 0 Å². The van der Waals surface area contributed by atoms with Crippen LogP contribution < -0.4 is 9.64 Å². The predicted molar refractivity (Wildman–Crippen MR) is 203 cm³/mol. The lowest BCUT2D eigenvalue weighted by Gasteiger charge is -2.32. The number of hydrogen-bond acceptors (Lipinski definition) is 11. The van der Waals surface area contributed by atoms with Gasteiger partial charge in [0, 0.05) is 61.3 Å². The second kappa shape index (κ2) is 15.0. The Kier molecular flexibility index (Phi) is 10.0. The number of alkyl halides is 1. The van der Waals surface area contributed by atoms with Crippen molar-refractivity contribution in [3.8, 4) is 17.3 Å². The average Bonchev–Trinajstić information content (AvgIpc) is 3.46. The molecule has 4 saturated heterocycles. The Labute approximate surface area is 323 Å². The molecule has 5 aliphatic rings. The second-order valence-electron chi connectivity index (χ2n) is 16.1. The molecule has 0 bridgehead atoms. The summed E-state index contributed by atoms with van der Waals surface area (Å²) < 4.78 is 51.7. The molecule has 1 unspecified atom stereocenters. The number of esters is 1. The van der Waals surface area contributed by atoms with E-state index in [0.717, 1.165) is 62.6 Å². The zero-order chi connectivity index (χ0) is 37.8. The second-order valence-corrected chi connectivity index (χ2v) is 16.5. The number of pyridine rings is 1. The van der Waals surface area contributed by atoms with Gasteiger partial charge in [0.2, 0.25) is 0 Å². The molecule has 0 amide bonds. The number of ether oxygens (including phenoxy) is 3. The molecule has 5 fully saturated rings. The summed E-state index contributed by atoms with van der Waals surface area (Å²) in [5.74, 6) is -0.317. The average molecular weight is 780 g/mol. The van der Waals surface area contributed by atoms with Crippen molar-refractivity contribution in [3.63, 3.8) is 0 Å². The first-order chi connectivity index (χ1) is 26.7. The lowest BCUT2D eigenvalue weighted by Crippen LogP contribution is -2.43. The van der Waals surface area contributed by atoms with E-state index in [0.29, 0.717) is 85.7 Å². The van der Waals surface area contributed by atoms with E-state index >= 15 is 4.39 Å². The lowest BCUT2D eigenvalue weighted by molar-refractivity contribution is -0.143. The van der Waals surface area contributed by atoms with Gasteiger partial charge in [0.05, 0.1) is 35.3 Å². The molecular weight excluding hydrogens is 732 g/mol. The number of hydrogen-bond donors (Lipinski definition) is 1. The van der Waals surface area contributed by atoms with Crippen LogP contribution in [-0.2, 0) is 14.3 Å². The molecule has 1 N–H and O–H groups in total. The van der Waals surface area contributed by atoms with Gasteiger partial charge in [-0.05, 0) is 94.7 Å². The van der Waals surface area contributed by atoms with Gasteiger partial charge in [-0.25, -0.2) is 13.5 Å². The SMILES string of the molecule is CCOC(=O)CC[C@@H]1C[C@@H]1c1c(Cl)cc2c(cnn2C2CCCCO2)c1-c1ncc2c(N3CCC[C@@H](O)C3)nc(OC[C@@]34CCCN3C[C@H](F)C4)nc2c1F. The fourth-order valence-electron chi connectivity index (χ4n) is 9.69. The maximum absolute atomic E-state index is 17.6. The van der Waals surface area contributed by atoms with E-state index in [1.54, 1.807) is 19.3 Å². The highest BCUT2D eigenvalue weighted by Crippen LogP contribution is 2.56. The smallest absolute Gasteiger partial charge is 0.319 e. The number of β-amino-alcohol motifs (C(OH)–C–C–N with tert-alkyl or cyclic N) is 1. The van der Waals surface area contributed by atoms with E-state index in [-0.39, 0.29) is 47.9 Å². The molecular formula is C40H48ClF2N7O5. The third-order valence-corrected chi connectivity index (χ3v) is 12.8. The number of carbonyl (C=O) groups excluding carboxylic acids is 1. The number of rotatable bonds is 11. The summed E-state index contributed by atoms with van der Waals surface area (Å²) in [5.41, 5.74) is 1.71. The normalized spacial score (nSPS) is 28.2. The molecule has 1 aromatic carbocycles. The third-order valence-electron chi connectivity index (χ3n) is 12.4. The molecule has 12 nitrogen and oxygen atoms in total. The topological polar surface area (TPSA) is 128 Å². The van der Waals surface area contributed by atoms with Crippen LogP contribution in [0, 0.1) is 11.7 Å². The maximum atomic E-state index is 17.6. The molecule has 6 atom stereocenters. The number of aromatic nitrogens is 5. The van der Waals surface area contributed by atoms with Crippen LogP contribution in [-0.4, -0.2) is 105 Å². The lowest BCUT2D eigenvalue weighted by atomic mass is 9.94. The molecule has 4 aliphatic heterocycles. The standard InChI is InChI=1S/C40H48ClF2N7O5/c1-2-53-32(52)10-9-23-15-26(23)33-29(41)16-30-27(19-45-50(30)31-8-3-4-14-54-31)34(33)37-35(43)36-28(18-44-37)38(48-12-5-7-25(51)21-48)47-39(46-36)55-22-40-11-6-13-49(40)20-24(42)17-40/h16,18-19,23-26,31,51H,2-15,17,20-22H2,1H3/t23-,24-,25-,26+,31?,40+/m1/s1. The first-order valence-corrected chi connectivity index (χ1v) is 20.4. The molecule has 15 heteroatoms. The molecule has 3 aromatic heterocycles. The van der Waals surface area contributed by atoms with Crippen LogP contribution in [0.5, 0.6) is 6.01 Å². The van der Waals surface area contributed by atoms with Crippen molar-refractivity contribution < 1.29 is 32.9 Å². The van der Waals surface area contributed by atoms with E-state index in [9.17, 15) is 14.3 Å². The summed E-state index contributed by atoms with van der Waals surface area (Å²) in [5, 5.41) is 17.0.